The van der Waals surface area contributed by atoms with Gasteiger partial charge in [0.1, 0.15) is 5.58 Å². The predicted octanol–water partition coefficient (Wildman–Crippen LogP) is 1.80. The standard InChI is InChI=1S/C17H22N2O4S/c1-18-10-12-6-5-9-19(12)17(20)16-14(11-24(2,21)22)13-7-3-4-8-15(13)23-16/h3-4,7-8,12,18H,5-6,9-11H2,1-2H3. The predicted molar refractivity (Wildman–Crippen MR) is 92.7 cm³/mol. The van der Waals surface area contributed by atoms with Gasteiger partial charge in [0.15, 0.2) is 15.6 Å². The van der Waals surface area contributed by atoms with Crippen LogP contribution >= 0.6 is 0 Å². The molecule has 1 N–H and O–H groups in total. The van der Waals surface area contributed by atoms with Gasteiger partial charge in [0.05, 0.1) is 5.75 Å². The summed E-state index contributed by atoms with van der Waals surface area (Å²) in [7, 11) is -1.43. The first kappa shape index (κ1) is 17.0. The van der Waals surface area contributed by atoms with Gasteiger partial charge in [-0.25, -0.2) is 8.42 Å². The molecule has 0 radical (unpaired) electrons. The number of nitrogens with one attached hydrogen (secondary N) is 1. The Labute approximate surface area is 141 Å². The molecule has 0 saturated carbocycles. The van der Waals surface area contributed by atoms with Crippen LogP contribution in [0, 0.1) is 0 Å². The number of benzene rings is 1. The van der Waals surface area contributed by atoms with E-state index >= 15 is 0 Å². The van der Waals surface area contributed by atoms with Gasteiger partial charge in [-0.1, -0.05) is 18.2 Å². The van der Waals surface area contributed by atoms with Crippen LogP contribution < -0.4 is 5.32 Å². The highest BCUT2D eigenvalue weighted by Crippen LogP contribution is 2.30. The van der Waals surface area contributed by atoms with Crippen LogP contribution in [0.3, 0.4) is 0 Å². The lowest BCUT2D eigenvalue weighted by atomic mass is 10.1. The fourth-order valence-corrected chi connectivity index (χ4v) is 4.17. The number of likely N-dealkylation sites (tertiary alicyclic amines) is 1. The Bertz CT molecular complexity index is 857. The summed E-state index contributed by atoms with van der Waals surface area (Å²) in [5, 5.41) is 3.80. The number of likely N-dealkylation sites (N-methyl/N-ethyl adjacent to an activating group) is 1. The molecule has 1 aliphatic rings. The molecule has 1 unspecified atom stereocenters. The summed E-state index contributed by atoms with van der Waals surface area (Å²) >= 11 is 0. The molecule has 1 atom stereocenters. The molecule has 2 aromatic rings. The van der Waals surface area contributed by atoms with Crippen molar-refractivity contribution in [1.82, 2.24) is 10.2 Å². The third-order valence-corrected chi connectivity index (χ3v) is 5.19. The molecule has 6 nitrogen and oxygen atoms in total. The Balaban J connectivity index is 2.04. The summed E-state index contributed by atoms with van der Waals surface area (Å²) in [5.41, 5.74) is 1.01. The van der Waals surface area contributed by atoms with Crippen molar-refractivity contribution in [2.45, 2.75) is 24.6 Å². The molecule has 1 fully saturated rings. The number of furan rings is 1. The lowest BCUT2D eigenvalue weighted by Crippen LogP contribution is -2.41. The van der Waals surface area contributed by atoms with Crippen molar-refractivity contribution in [3.8, 4) is 0 Å². The van der Waals surface area contributed by atoms with Crippen molar-refractivity contribution in [2.24, 2.45) is 0 Å². The fraction of sp³-hybridized carbons (Fsp3) is 0.471. The van der Waals surface area contributed by atoms with E-state index in [0.717, 1.165) is 12.8 Å². The van der Waals surface area contributed by atoms with Gasteiger partial charge in [0.2, 0.25) is 0 Å². The van der Waals surface area contributed by atoms with Crippen LogP contribution in [0.4, 0.5) is 0 Å². The van der Waals surface area contributed by atoms with Gasteiger partial charge in [-0.3, -0.25) is 4.79 Å². The van der Waals surface area contributed by atoms with Crippen LogP contribution in [0.15, 0.2) is 28.7 Å². The van der Waals surface area contributed by atoms with Gasteiger partial charge in [-0.2, -0.15) is 0 Å². The normalized spacial score (nSPS) is 18.4. The number of para-hydroxylation sites is 1. The molecular weight excluding hydrogens is 328 g/mol. The minimum Gasteiger partial charge on any atom is -0.451 e. The fourth-order valence-electron chi connectivity index (χ4n) is 3.36. The first-order valence-corrected chi connectivity index (χ1v) is 10.1. The van der Waals surface area contributed by atoms with E-state index in [4.69, 9.17) is 4.42 Å². The number of fused-ring (bicyclic) bond motifs is 1. The van der Waals surface area contributed by atoms with Crippen LogP contribution in [0.25, 0.3) is 11.0 Å². The summed E-state index contributed by atoms with van der Waals surface area (Å²) < 4.78 is 29.4. The van der Waals surface area contributed by atoms with Crippen LogP contribution in [-0.4, -0.2) is 51.7 Å². The van der Waals surface area contributed by atoms with Crippen LogP contribution in [0.2, 0.25) is 0 Å². The van der Waals surface area contributed by atoms with Crippen molar-refractivity contribution >= 4 is 26.7 Å². The maximum absolute atomic E-state index is 13.0. The largest absolute Gasteiger partial charge is 0.451 e. The number of carbonyl (C=O) groups excluding carboxylic acids is 1. The first-order chi connectivity index (χ1) is 11.4. The van der Waals surface area contributed by atoms with E-state index in [2.05, 4.69) is 5.32 Å². The second-order valence-electron chi connectivity index (χ2n) is 6.33. The number of sulfone groups is 1. The second-order valence-corrected chi connectivity index (χ2v) is 8.47. The number of rotatable bonds is 5. The number of amides is 1. The third kappa shape index (κ3) is 3.32. The Morgan fingerprint density at radius 3 is 2.83 bits per heavy atom. The summed E-state index contributed by atoms with van der Waals surface area (Å²) in [6.07, 6.45) is 3.05. The zero-order valence-corrected chi connectivity index (χ0v) is 14.7. The smallest absolute Gasteiger partial charge is 0.290 e. The SMILES string of the molecule is CNCC1CCCN1C(=O)c1oc2ccccc2c1CS(C)(=O)=O. The Morgan fingerprint density at radius 1 is 1.38 bits per heavy atom. The summed E-state index contributed by atoms with van der Waals surface area (Å²) in [6.45, 7) is 1.38. The highest BCUT2D eigenvalue weighted by molar-refractivity contribution is 7.89. The number of hydrogen-bond donors (Lipinski definition) is 1. The topological polar surface area (TPSA) is 79.6 Å². The molecule has 1 aromatic carbocycles. The van der Waals surface area contributed by atoms with E-state index in [0.29, 0.717) is 29.6 Å². The molecule has 1 amide bonds. The molecule has 0 bridgehead atoms. The molecule has 7 heteroatoms. The maximum atomic E-state index is 13.0. The molecule has 2 heterocycles. The summed E-state index contributed by atoms with van der Waals surface area (Å²) in [6, 6.07) is 7.29. The molecule has 24 heavy (non-hydrogen) atoms. The van der Waals surface area contributed by atoms with E-state index < -0.39 is 9.84 Å². The van der Waals surface area contributed by atoms with Crippen molar-refractivity contribution in [3.05, 3.63) is 35.6 Å². The van der Waals surface area contributed by atoms with Gasteiger partial charge >= 0.3 is 0 Å². The molecule has 1 aromatic heterocycles. The van der Waals surface area contributed by atoms with Gasteiger partial charge in [0.25, 0.3) is 5.91 Å². The van der Waals surface area contributed by atoms with Crippen LogP contribution in [-0.2, 0) is 15.6 Å². The number of carbonyl (C=O) groups is 1. The van der Waals surface area contributed by atoms with E-state index in [-0.39, 0.29) is 23.5 Å². The molecule has 1 saturated heterocycles. The van der Waals surface area contributed by atoms with Crippen LogP contribution in [0.1, 0.15) is 29.0 Å². The van der Waals surface area contributed by atoms with Gasteiger partial charge in [-0.15, -0.1) is 0 Å². The van der Waals surface area contributed by atoms with Gasteiger partial charge in [-0.05, 0) is 26.0 Å². The first-order valence-electron chi connectivity index (χ1n) is 8.04. The molecule has 130 valence electrons. The zero-order chi connectivity index (χ0) is 17.3. The highest BCUT2D eigenvalue weighted by atomic mass is 32.2. The van der Waals surface area contributed by atoms with E-state index in [1.165, 1.54) is 6.26 Å². The van der Waals surface area contributed by atoms with Gasteiger partial charge in [0, 0.05) is 36.3 Å². The zero-order valence-electron chi connectivity index (χ0n) is 13.9. The minimum absolute atomic E-state index is 0.113. The minimum atomic E-state index is -3.28. The monoisotopic (exact) mass is 350 g/mol. The quantitative estimate of drug-likeness (QED) is 0.889. The van der Waals surface area contributed by atoms with Crippen molar-refractivity contribution < 1.29 is 17.6 Å². The summed E-state index contributed by atoms with van der Waals surface area (Å²) in [5.74, 6) is -0.262. The second kappa shape index (κ2) is 6.57. The van der Waals surface area contributed by atoms with Crippen LogP contribution in [0.5, 0.6) is 0 Å². The van der Waals surface area contributed by atoms with E-state index in [9.17, 15) is 13.2 Å². The lowest BCUT2D eigenvalue weighted by Gasteiger charge is -2.23. The van der Waals surface area contributed by atoms with E-state index in [1.54, 1.807) is 17.0 Å². The highest BCUT2D eigenvalue weighted by Gasteiger charge is 2.33. The number of nitrogens with zero attached hydrogens (tertiary/aromatic N) is 1. The molecule has 3 rings (SSSR count). The molecule has 0 aliphatic carbocycles. The van der Waals surface area contributed by atoms with Crippen molar-refractivity contribution in [3.63, 3.8) is 0 Å². The number of hydrogen-bond acceptors (Lipinski definition) is 5. The summed E-state index contributed by atoms with van der Waals surface area (Å²) in [4.78, 5) is 14.8. The Kier molecular flexibility index (Phi) is 4.64. The Hall–Kier alpha value is -1.86. The maximum Gasteiger partial charge on any atom is 0.290 e. The molecule has 1 aliphatic heterocycles. The average molecular weight is 350 g/mol. The average Bonchev–Trinajstić information content (AvgIpc) is 3.11. The molecular formula is C17H22N2O4S. The van der Waals surface area contributed by atoms with Crippen molar-refractivity contribution in [1.29, 1.82) is 0 Å². The Morgan fingerprint density at radius 2 is 2.12 bits per heavy atom. The molecule has 0 spiro atoms. The third-order valence-electron chi connectivity index (χ3n) is 4.38. The van der Waals surface area contributed by atoms with Crippen molar-refractivity contribution in [2.75, 3.05) is 26.4 Å². The van der Waals surface area contributed by atoms with E-state index in [1.807, 2.05) is 19.2 Å². The van der Waals surface area contributed by atoms with Gasteiger partial charge < -0.3 is 14.6 Å². The lowest BCUT2D eigenvalue weighted by molar-refractivity contribution is 0.0706.